The molecule has 0 unspecified atom stereocenters. The molecule has 0 heterocycles. The molecule has 0 aliphatic rings. The summed E-state index contributed by atoms with van der Waals surface area (Å²) in [6.07, 6.45) is 1.30. The van der Waals surface area contributed by atoms with Crippen molar-refractivity contribution >= 4 is 27.9 Å². The normalized spacial score (nSPS) is 9.79. The molecule has 1 aromatic carbocycles. The Morgan fingerprint density at radius 1 is 1.57 bits per heavy atom. The van der Waals surface area contributed by atoms with Crippen LogP contribution in [0.1, 0.15) is 12.0 Å². The quantitative estimate of drug-likeness (QED) is 0.902. The van der Waals surface area contributed by atoms with E-state index in [9.17, 15) is 9.90 Å². The van der Waals surface area contributed by atoms with Gasteiger partial charge in [-0.3, -0.25) is 0 Å². The van der Waals surface area contributed by atoms with E-state index in [4.69, 9.17) is 4.74 Å². The number of hydrogen-bond donors (Lipinski definition) is 1. The number of ether oxygens (including phenoxy) is 1. The second-order valence-corrected chi connectivity index (χ2v) is 4.81. The molecule has 3 nitrogen and oxygen atoms in total. The van der Waals surface area contributed by atoms with E-state index in [1.54, 1.807) is 18.2 Å². The maximum absolute atomic E-state index is 10.8. The van der Waals surface area contributed by atoms with Crippen LogP contribution in [0.4, 0.5) is 0 Å². The first-order valence-electron chi connectivity index (χ1n) is 4.27. The fraction of sp³-hybridized carbons (Fsp3) is 0.300. The van der Waals surface area contributed by atoms with Crippen molar-refractivity contribution in [2.24, 2.45) is 0 Å². The number of aromatic hydroxyl groups is 1. The average Bonchev–Trinajstić information content (AvgIpc) is 2.16. The van der Waals surface area contributed by atoms with Crippen molar-refractivity contribution in [3.05, 3.63) is 23.8 Å². The van der Waals surface area contributed by atoms with Gasteiger partial charge in [0.1, 0.15) is 0 Å². The summed E-state index contributed by atoms with van der Waals surface area (Å²) in [7, 11) is 1.51. The van der Waals surface area contributed by atoms with Gasteiger partial charge in [0.25, 0.3) is 0 Å². The second-order valence-electron chi connectivity index (χ2n) is 2.97. The van der Waals surface area contributed by atoms with E-state index in [1.165, 1.54) is 7.11 Å². The molecule has 1 N–H and O–H groups in total. The van der Waals surface area contributed by atoms with Crippen LogP contribution in [0.15, 0.2) is 18.2 Å². The summed E-state index contributed by atoms with van der Waals surface area (Å²) in [5, 5.41) is 9.33. The van der Waals surface area contributed by atoms with E-state index in [-0.39, 0.29) is 5.75 Å². The Morgan fingerprint density at radius 2 is 2.29 bits per heavy atom. The minimum atomic E-state index is 0.132. The summed E-state index contributed by atoms with van der Waals surface area (Å²) in [6, 6.07) is 5.16. The molecule has 0 bridgehead atoms. The van der Waals surface area contributed by atoms with Gasteiger partial charge in [-0.2, -0.15) is 0 Å². The van der Waals surface area contributed by atoms with Crippen LogP contribution >= 0.6 is 0 Å². The van der Waals surface area contributed by atoms with Gasteiger partial charge in [-0.1, -0.05) is 0 Å². The number of hydrogen-bond acceptors (Lipinski definition) is 3. The SMILES string of the molecule is COc1cc(CC[C](=O)[In])ccc1O. The Bertz CT molecular complexity index is 336. The number of benzene rings is 1. The molecule has 2 radical (unpaired) electrons. The fourth-order valence-corrected chi connectivity index (χ4v) is 1.56. The molecular weight excluding hydrogens is 283 g/mol. The van der Waals surface area contributed by atoms with Crippen LogP contribution in [0, 0.1) is 0 Å². The van der Waals surface area contributed by atoms with Gasteiger partial charge in [-0.15, -0.1) is 0 Å². The van der Waals surface area contributed by atoms with Crippen LogP contribution in [0.25, 0.3) is 0 Å². The van der Waals surface area contributed by atoms with Crippen molar-refractivity contribution in [1.82, 2.24) is 0 Å². The Balaban J connectivity index is 2.74. The molecule has 0 saturated carbocycles. The van der Waals surface area contributed by atoms with Crippen LogP contribution in [0.3, 0.4) is 0 Å². The van der Waals surface area contributed by atoms with Crippen LogP contribution in [-0.4, -0.2) is 40.1 Å². The van der Waals surface area contributed by atoms with Crippen LogP contribution < -0.4 is 4.74 Å². The van der Waals surface area contributed by atoms with Crippen LogP contribution in [0.2, 0.25) is 0 Å². The third kappa shape index (κ3) is 3.25. The van der Waals surface area contributed by atoms with E-state index in [2.05, 4.69) is 0 Å². The third-order valence-electron chi connectivity index (χ3n) is 1.90. The van der Waals surface area contributed by atoms with E-state index >= 15 is 0 Å². The van der Waals surface area contributed by atoms with E-state index in [0.717, 1.165) is 12.0 Å². The van der Waals surface area contributed by atoms with Gasteiger partial charge in [0.2, 0.25) is 0 Å². The zero-order valence-corrected chi connectivity index (χ0v) is 11.3. The summed E-state index contributed by atoms with van der Waals surface area (Å²) in [6.45, 7) is 0. The Hall–Kier alpha value is -0.640. The molecule has 72 valence electrons. The van der Waals surface area contributed by atoms with Crippen molar-refractivity contribution in [3.8, 4) is 11.5 Å². The van der Waals surface area contributed by atoms with Crippen LogP contribution in [-0.2, 0) is 11.2 Å². The predicted molar refractivity (Wildman–Crippen MR) is 53.7 cm³/mol. The summed E-state index contributed by atoms with van der Waals surface area (Å²) >= 11 is 0.669. The number of phenolic OH excluding ortho intramolecular Hbond substituents is 1. The number of methoxy groups -OCH3 is 1. The van der Waals surface area contributed by atoms with Gasteiger partial charge in [0, 0.05) is 0 Å². The number of rotatable bonds is 4. The van der Waals surface area contributed by atoms with Crippen molar-refractivity contribution < 1.29 is 14.6 Å². The second kappa shape index (κ2) is 5.29. The predicted octanol–water partition coefficient (Wildman–Crippen LogP) is 1.03. The molecule has 14 heavy (non-hydrogen) atoms. The number of carbonyl (C=O) groups excluding carboxylic acids is 1. The minimum absolute atomic E-state index is 0.132. The third-order valence-corrected chi connectivity index (χ3v) is 2.73. The van der Waals surface area contributed by atoms with Gasteiger partial charge >= 0.3 is 97.8 Å². The van der Waals surface area contributed by atoms with Gasteiger partial charge in [-0.05, 0) is 0 Å². The first-order chi connectivity index (χ1) is 6.63. The molecule has 1 aromatic rings. The Kier molecular flexibility index (Phi) is 4.32. The van der Waals surface area contributed by atoms with Gasteiger partial charge < -0.3 is 0 Å². The molecule has 0 aliphatic heterocycles. The molecular formula is C10H11InO3. The summed E-state index contributed by atoms with van der Waals surface area (Å²) < 4.78 is 5.26. The van der Waals surface area contributed by atoms with Crippen LogP contribution in [0.5, 0.6) is 11.5 Å². The standard InChI is InChI=1S/C10H11O3.In/c1-13-10-7-8(3-2-6-11)4-5-9(10)12;/h4-5,7,12H,2-3H2,1H3;. The molecule has 0 atom stereocenters. The van der Waals surface area contributed by atoms with Crippen molar-refractivity contribution in [3.63, 3.8) is 0 Å². The van der Waals surface area contributed by atoms with E-state index in [1.807, 2.05) is 0 Å². The van der Waals surface area contributed by atoms with Crippen molar-refractivity contribution in [2.75, 3.05) is 7.11 Å². The zero-order chi connectivity index (χ0) is 10.6. The summed E-state index contributed by atoms with van der Waals surface area (Å²) in [5.74, 6) is 0.593. The first kappa shape index (κ1) is 11.4. The Labute approximate surface area is 97.7 Å². The fourth-order valence-electron chi connectivity index (χ4n) is 1.15. The van der Waals surface area contributed by atoms with Crippen molar-refractivity contribution in [1.29, 1.82) is 0 Å². The molecule has 4 heteroatoms. The Morgan fingerprint density at radius 3 is 2.86 bits per heavy atom. The molecule has 0 amide bonds. The molecule has 0 aliphatic carbocycles. The monoisotopic (exact) mass is 294 g/mol. The van der Waals surface area contributed by atoms with E-state index < -0.39 is 0 Å². The number of carbonyl (C=O) groups is 1. The maximum atomic E-state index is 10.8. The van der Waals surface area contributed by atoms with Gasteiger partial charge in [-0.25, -0.2) is 0 Å². The summed E-state index contributed by atoms with van der Waals surface area (Å²) in [5.41, 5.74) is 1.02. The van der Waals surface area contributed by atoms with Gasteiger partial charge in [0.05, 0.1) is 0 Å². The topological polar surface area (TPSA) is 46.5 Å². The molecule has 1 rings (SSSR count). The van der Waals surface area contributed by atoms with E-state index in [0.29, 0.717) is 40.1 Å². The van der Waals surface area contributed by atoms with Crippen molar-refractivity contribution in [2.45, 2.75) is 12.8 Å². The average molecular weight is 294 g/mol. The van der Waals surface area contributed by atoms with Gasteiger partial charge in [0.15, 0.2) is 0 Å². The number of aryl methyl sites for hydroxylation is 1. The molecule has 0 fully saturated rings. The molecule has 0 spiro atoms. The first-order valence-corrected chi connectivity index (χ1v) is 5.92. The zero-order valence-electron chi connectivity index (χ0n) is 7.99. The molecule has 0 aromatic heterocycles. The number of phenols is 1. The summed E-state index contributed by atoms with van der Waals surface area (Å²) in [4.78, 5) is 10.8. The molecule has 0 saturated heterocycles.